The minimum atomic E-state index is -0.695. The largest absolute Gasteiger partial charge is 0.486 e. The normalized spacial score (nSPS) is 22.1. The van der Waals surface area contributed by atoms with Gasteiger partial charge >= 0.3 is 0 Å². The number of carbonyl (C=O) groups is 2. The van der Waals surface area contributed by atoms with Gasteiger partial charge in [0.25, 0.3) is 5.91 Å². The van der Waals surface area contributed by atoms with Crippen LogP contribution in [0.15, 0.2) is 47.3 Å². The number of ether oxygens (including phenoxy) is 1. The number of rotatable bonds is 10. The van der Waals surface area contributed by atoms with Crippen LogP contribution in [-0.2, 0) is 24.4 Å². The van der Waals surface area contributed by atoms with E-state index in [0.29, 0.717) is 24.5 Å². The van der Waals surface area contributed by atoms with E-state index in [0.717, 1.165) is 62.4 Å². The van der Waals surface area contributed by atoms with Gasteiger partial charge in [0.05, 0.1) is 11.8 Å². The van der Waals surface area contributed by atoms with Gasteiger partial charge in [0.15, 0.2) is 12.2 Å². The molecule has 3 aliphatic heterocycles. The molecule has 3 N–H and O–H groups in total. The molecule has 3 aliphatic rings. The second-order valence-corrected chi connectivity index (χ2v) is 12.0. The number of β-amino-alcohol motifs (C(OH)–C–C–N with tert-alkyl or cyclic N) is 1. The number of hydrogen-bond acceptors (Lipinski definition) is 9. The lowest BCUT2D eigenvalue weighted by Gasteiger charge is -2.38. The molecule has 4 atom stereocenters. The Morgan fingerprint density at radius 1 is 1.14 bits per heavy atom. The van der Waals surface area contributed by atoms with Crippen molar-refractivity contribution >= 4 is 17.6 Å². The van der Waals surface area contributed by atoms with Crippen molar-refractivity contribution in [3.8, 4) is 5.75 Å². The van der Waals surface area contributed by atoms with Gasteiger partial charge in [-0.2, -0.15) is 0 Å². The molecule has 0 spiro atoms. The van der Waals surface area contributed by atoms with Crippen LogP contribution in [0.3, 0.4) is 0 Å². The van der Waals surface area contributed by atoms with Crippen LogP contribution in [0, 0.1) is 6.92 Å². The van der Waals surface area contributed by atoms with Crippen molar-refractivity contribution in [1.82, 2.24) is 25.1 Å². The number of aliphatic hydroxyl groups is 1. The molecule has 1 aromatic carbocycles. The third-order valence-electron chi connectivity index (χ3n) is 8.92. The minimum absolute atomic E-state index is 0.157. The fourth-order valence-corrected chi connectivity index (χ4v) is 6.79. The van der Waals surface area contributed by atoms with Gasteiger partial charge in [-0.05, 0) is 74.4 Å². The van der Waals surface area contributed by atoms with Crippen molar-refractivity contribution in [3.05, 3.63) is 71.1 Å². The van der Waals surface area contributed by atoms with Crippen LogP contribution >= 0.6 is 0 Å². The molecule has 11 heteroatoms. The lowest BCUT2D eigenvalue weighted by Crippen LogP contribution is -2.49. The lowest BCUT2D eigenvalue weighted by atomic mass is 9.97. The maximum absolute atomic E-state index is 12.9. The average Bonchev–Trinajstić information content (AvgIpc) is 3.54. The summed E-state index contributed by atoms with van der Waals surface area (Å²) in [4.78, 5) is 37.7. The number of aromatic nitrogens is 2. The van der Waals surface area contributed by atoms with Crippen molar-refractivity contribution in [2.75, 3.05) is 25.0 Å². The summed E-state index contributed by atoms with van der Waals surface area (Å²) < 4.78 is 11.3. The van der Waals surface area contributed by atoms with Crippen molar-refractivity contribution in [2.45, 2.75) is 83.3 Å². The zero-order chi connectivity index (χ0) is 29.9. The summed E-state index contributed by atoms with van der Waals surface area (Å²) >= 11 is 0. The first-order valence-corrected chi connectivity index (χ1v) is 15.2. The number of aryl methyl sites for hydroxylation is 1. The van der Waals surface area contributed by atoms with Crippen molar-refractivity contribution in [2.24, 2.45) is 0 Å². The summed E-state index contributed by atoms with van der Waals surface area (Å²) in [7, 11) is 0. The quantitative estimate of drug-likeness (QED) is 0.327. The predicted molar refractivity (Wildman–Crippen MR) is 160 cm³/mol. The van der Waals surface area contributed by atoms with E-state index in [-0.39, 0.29) is 36.5 Å². The van der Waals surface area contributed by atoms with E-state index in [9.17, 15) is 14.7 Å². The Kier molecular flexibility index (Phi) is 8.62. The first-order chi connectivity index (χ1) is 20.8. The third kappa shape index (κ3) is 6.83. The molecule has 2 saturated heterocycles. The average molecular weight is 589 g/mol. The highest BCUT2D eigenvalue weighted by Crippen LogP contribution is 2.36. The van der Waals surface area contributed by atoms with E-state index in [1.807, 2.05) is 17.9 Å². The van der Waals surface area contributed by atoms with Crippen LogP contribution < -0.4 is 15.4 Å². The highest BCUT2D eigenvalue weighted by atomic mass is 16.5. The standard InChI is InChI=1S/C32H40N6O5/c1-20-30(43-19-35-20)18-42-29-6-3-24-16-37(10-8-22(24)11-29)17-28(40)15-34-32(41)23-7-9-33-31(12-23)36-25-13-26-4-5-27(14-25)38(26)21(2)39/h3,6-7,9,11-12,19,25-28,40H,4-5,8,10,13-18H2,1-2H3,(H,33,36)(H,34,41)/t25-,26+,27-,28-/m0/s1. The highest BCUT2D eigenvalue weighted by molar-refractivity contribution is 5.94. The molecule has 6 rings (SSSR count). The van der Waals surface area contributed by atoms with Crippen molar-refractivity contribution < 1.29 is 23.8 Å². The highest BCUT2D eigenvalue weighted by Gasteiger charge is 2.42. The topological polar surface area (TPSA) is 133 Å². The smallest absolute Gasteiger partial charge is 0.251 e. The molecule has 0 unspecified atom stereocenters. The number of benzene rings is 1. The Bertz CT molecular complexity index is 1450. The van der Waals surface area contributed by atoms with E-state index in [2.05, 4.69) is 37.6 Å². The fraction of sp³-hybridized carbons (Fsp3) is 0.500. The van der Waals surface area contributed by atoms with E-state index in [4.69, 9.17) is 9.15 Å². The number of pyridine rings is 1. The first kappa shape index (κ1) is 29.1. The summed E-state index contributed by atoms with van der Waals surface area (Å²) in [5.41, 5.74) is 3.78. The third-order valence-corrected chi connectivity index (χ3v) is 8.92. The van der Waals surface area contributed by atoms with Crippen LogP contribution in [0.4, 0.5) is 5.82 Å². The summed E-state index contributed by atoms with van der Waals surface area (Å²) in [6, 6.07) is 10.3. The molecular formula is C32H40N6O5. The zero-order valence-corrected chi connectivity index (χ0v) is 24.8. The van der Waals surface area contributed by atoms with Crippen LogP contribution in [-0.4, -0.2) is 80.6 Å². The SMILES string of the molecule is CC(=O)N1[C@@H]2CC[C@H]1C[C@@H](Nc1cc(C(=O)NC[C@H](O)CN3CCc4cc(OCc5ocnc5C)ccc4C3)ccn1)C2. The molecule has 2 fully saturated rings. The van der Waals surface area contributed by atoms with E-state index < -0.39 is 6.10 Å². The number of piperidine rings is 1. The number of fused-ring (bicyclic) bond motifs is 3. The lowest BCUT2D eigenvalue weighted by molar-refractivity contribution is -0.133. The number of aliphatic hydroxyl groups excluding tert-OH is 1. The number of carbonyl (C=O) groups excluding carboxylic acids is 2. The number of anilines is 1. The molecule has 2 aromatic heterocycles. The van der Waals surface area contributed by atoms with E-state index in [1.54, 1.807) is 25.3 Å². The predicted octanol–water partition coefficient (Wildman–Crippen LogP) is 3.06. The Hall–Kier alpha value is -3.96. The maximum atomic E-state index is 12.9. The van der Waals surface area contributed by atoms with Gasteiger partial charge in [-0.1, -0.05) is 6.07 Å². The van der Waals surface area contributed by atoms with Crippen LogP contribution in [0.25, 0.3) is 0 Å². The molecule has 2 amide bonds. The number of hydrogen-bond donors (Lipinski definition) is 3. The summed E-state index contributed by atoms with van der Waals surface area (Å²) in [5.74, 6) is 2.09. The second kappa shape index (κ2) is 12.7. The van der Waals surface area contributed by atoms with Crippen molar-refractivity contribution in [3.63, 3.8) is 0 Å². The van der Waals surface area contributed by atoms with Gasteiger partial charge in [-0.3, -0.25) is 14.5 Å². The van der Waals surface area contributed by atoms with Gasteiger partial charge in [0.2, 0.25) is 5.91 Å². The minimum Gasteiger partial charge on any atom is -0.486 e. The molecule has 5 heterocycles. The molecule has 228 valence electrons. The van der Waals surface area contributed by atoms with Crippen LogP contribution in [0.2, 0.25) is 0 Å². The Morgan fingerprint density at radius 3 is 2.70 bits per heavy atom. The summed E-state index contributed by atoms with van der Waals surface area (Å²) in [6.07, 6.45) is 7.09. The van der Waals surface area contributed by atoms with E-state index in [1.165, 1.54) is 17.5 Å². The Morgan fingerprint density at radius 2 is 1.95 bits per heavy atom. The van der Waals surface area contributed by atoms with Crippen molar-refractivity contribution in [1.29, 1.82) is 0 Å². The number of amides is 2. The molecule has 0 saturated carbocycles. The van der Waals surface area contributed by atoms with E-state index >= 15 is 0 Å². The first-order valence-electron chi connectivity index (χ1n) is 15.2. The molecule has 3 aromatic rings. The van der Waals surface area contributed by atoms with Gasteiger partial charge < -0.3 is 29.8 Å². The number of nitrogens with zero attached hydrogens (tertiary/aromatic N) is 4. The second-order valence-electron chi connectivity index (χ2n) is 12.0. The Balaban J connectivity index is 0.953. The van der Waals surface area contributed by atoms with Gasteiger partial charge in [0.1, 0.15) is 18.2 Å². The van der Waals surface area contributed by atoms with Crippen LogP contribution in [0.1, 0.15) is 65.5 Å². The van der Waals surface area contributed by atoms with Gasteiger partial charge in [-0.25, -0.2) is 9.97 Å². The number of oxazole rings is 1. The molecule has 43 heavy (non-hydrogen) atoms. The van der Waals surface area contributed by atoms with Gasteiger partial charge in [0, 0.05) is 63.0 Å². The molecule has 0 radical (unpaired) electrons. The van der Waals surface area contributed by atoms with Crippen LogP contribution in [0.5, 0.6) is 5.75 Å². The molecular weight excluding hydrogens is 548 g/mol. The Labute approximate surface area is 251 Å². The number of nitrogens with one attached hydrogen (secondary N) is 2. The molecule has 0 aliphatic carbocycles. The molecule has 2 bridgehead atoms. The maximum Gasteiger partial charge on any atom is 0.251 e. The van der Waals surface area contributed by atoms with Gasteiger partial charge in [-0.15, -0.1) is 0 Å². The fourth-order valence-electron chi connectivity index (χ4n) is 6.79. The molecule has 11 nitrogen and oxygen atoms in total. The summed E-state index contributed by atoms with van der Waals surface area (Å²) in [6.45, 7) is 6.06. The summed E-state index contributed by atoms with van der Waals surface area (Å²) in [5, 5.41) is 17.1. The zero-order valence-electron chi connectivity index (χ0n) is 24.8. The monoisotopic (exact) mass is 588 g/mol.